The molecule has 0 aliphatic carbocycles. The molecule has 4 aromatic carbocycles. The van der Waals surface area contributed by atoms with Gasteiger partial charge in [0.1, 0.15) is 11.6 Å². The minimum atomic E-state index is -0.895. The number of carboxylic acid groups (broad SMARTS) is 1. The summed E-state index contributed by atoms with van der Waals surface area (Å²) in [6.45, 7) is 0.246. The number of hydrogen-bond donors (Lipinski definition) is 1. The molecule has 8 heteroatoms. The average Bonchev–Trinajstić information content (AvgIpc) is 2.95. The molecular weight excluding hydrogens is 524 g/mol. The molecule has 0 spiro atoms. The van der Waals surface area contributed by atoms with Crippen molar-refractivity contribution in [1.29, 1.82) is 0 Å². The predicted molar refractivity (Wildman–Crippen MR) is 152 cm³/mol. The van der Waals surface area contributed by atoms with Crippen LogP contribution < -0.4 is 0 Å². The van der Waals surface area contributed by atoms with Crippen LogP contribution in [0.2, 0.25) is 0 Å². The number of benzene rings is 4. The van der Waals surface area contributed by atoms with E-state index in [2.05, 4.69) is 0 Å². The van der Waals surface area contributed by atoms with E-state index in [9.17, 15) is 18.4 Å². The maximum absolute atomic E-state index is 13.7. The number of nitrogens with zero attached hydrogens (tertiary/aromatic N) is 3. The zero-order chi connectivity index (χ0) is 28.9. The maximum Gasteiger partial charge on any atom is 0.307 e. The third-order valence-electron chi connectivity index (χ3n) is 6.75. The molecule has 0 fully saturated rings. The number of carbonyl (C=O) groups is 2. The van der Waals surface area contributed by atoms with Crippen LogP contribution >= 0.6 is 0 Å². The smallest absolute Gasteiger partial charge is 0.307 e. The Kier molecular flexibility index (Phi) is 8.10. The Morgan fingerprint density at radius 3 is 2.24 bits per heavy atom. The fourth-order valence-corrected chi connectivity index (χ4v) is 4.77. The quantitative estimate of drug-likeness (QED) is 0.234. The molecule has 206 valence electrons. The van der Waals surface area contributed by atoms with Gasteiger partial charge in [0.15, 0.2) is 0 Å². The van der Waals surface area contributed by atoms with Crippen LogP contribution in [0.5, 0.6) is 0 Å². The number of aliphatic carboxylic acids is 1. The lowest BCUT2D eigenvalue weighted by atomic mass is 10.0. The van der Waals surface area contributed by atoms with E-state index in [0.717, 1.165) is 5.56 Å². The normalized spacial score (nSPS) is 11.0. The van der Waals surface area contributed by atoms with Crippen molar-refractivity contribution in [2.24, 2.45) is 0 Å². The number of rotatable bonds is 9. The Labute approximate surface area is 235 Å². The molecule has 1 amide bonds. The number of carbonyl (C=O) groups excluding carboxylic acids is 1. The molecule has 1 aromatic heterocycles. The number of aromatic nitrogens is 2. The Bertz CT molecular complexity index is 1740. The van der Waals surface area contributed by atoms with Gasteiger partial charge < -0.3 is 10.0 Å². The molecule has 6 nitrogen and oxygen atoms in total. The molecule has 0 saturated carbocycles. The van der Waals surface area contributed by atoms with Crippen molar-refractivity contribution < 1.29 is 23.5 Å². The zero-order valence-electron chi connectivity index (χ0n) is 22.3. The molecule has 0 aliphatic rings. The molecule has 0 atom stereocenters. The fourth-order valence-electron chi connectivity index (χ4n) is 4.77. The number of amides is 1. The number of fused-ring (bicyclic) bond motifs is 1. The van der Waals surface area contributed by atoms with Gasteiger partial charge in [0.05, 0.1) is 28.8 Å². The summed E-state index contributed by atoms with van der Waals surface area (Å²) in [4.78, 5) is 35.6. The minimum Gasteiger partial charge on any atom is -0.481 e. The van der Waals surface area contributed by atoms with Gasteiger partial charge in [-0.25, -0.2) is 18.7 Å². The van der Waals surface area contributed by atoms with Crippen LogP contribution in [0.15, 0.2) is 91.0 Å². The number of carboxylic acids is 1. The first-order chi connectivity index (χ1) is 19.7. The Balaban J connectivity index is 1.46. The second-order valence-electron chi connectivity index (χ2n) is 9.91. The summed E-state index contributed by atoms with van der Waals surface area (Å²) in [5.41, 5.74) is 5.89. The van der Waals surface area contributed by atoms with E-state index >= 15 is 0 Å². The molecule has 1 heterocycles. The molecule has 0 unspecified atom stereocenters. The first kappa shape index (κ1) is 27.6. The van der Waals surface area contributed by atoms with Crippen LogP contribution in [0.4, 0.5) is 8.78 Å². The van der Waals surface area contributed by atoms with E-state index in [4.69, 9.17) is 15.1 Å². The van der Waals surface area contributed by atoms with Crippen molar-refractivity contribution in [2.75, 3.05) is 7.05 Å². The summed E-state index contributed by atoms with van der Waals surface area (Å²) >= 11 is 0. The van der Waals surface area contributed by atoms with E-state index in [0.29, 0.717) is 57.5 Å². The van der Waals surface area contributed by atoms with Crippen LogP contribution in [-0.4, -0.2) is 38.9 Å². The van der Waals surface area contributed by atoms with Crippen molar-refractivity contribution in [3.8, 4) is 11.3 Å². The van der Waals surface area contributed by atoms with Gasteiger partial charge in [0, 0.05) is 24.7 Å². The van der Waals surface area contributed by atoms with Crippen molar-refractivity contribution in [3.63, 3.8) is 0 Å². The second kappa shape index (κ2) is 12.0. The molecule has 5 aromatic rings. The first-order valence-corrected chi connectivity index (χ1v) is 13.1. The van der Waals surface area contributed by atoms with Crippen LogP contribution in [0, 0.1) is 11.6 Å². The number of aryl methyl sites for hydroxylation is 2. The van der Waals surface area contributed by atoms with Gasteiger partial charge in [-0.05, 0) is 84.1 Å². The van der Waals surface area contributed by atoms with Gasteiger partial charge in [-0.1, -0.05) is 36.4 Å². The number of hydrogen-bond acceptors (Lipinski definition) is 4. The van der Waals surface area contributed by atoms with Crippen molar-refractivity contribution >= 4 is 22.9 Å². The first-order valence-electron chi connectivity index (χ1n) is 13.1. The van der Waals surface area contributed by atoms with E-state index < -0.39 is 5.97 Å². The highest BCUT2D eigenvalue weighted by Crippen LogP contribution is 2.26. The zero-order valence-corrected chi connectivity index (χ0v) is 22.3. The summed E-state index contributed by atoms with van der Waals surface area (Å²) < 4.78 is 27.3. The summed E-state index contributed by atoms with van der Waals surface area (Å²) in [5, 5.41) is 9.14. The Morgan fingerprint density at radius 1 is 0.756 bits per heavy atom. The van der Waals surface area contributed by atoms with E-state index in [1.165, 1.54) is 29.2 Å². The van der Waals surface area contributed by atoms with Crippen molar-refractivity contribution in [3.05, 3.63) is 131 Å². The summed E-state index contributed by atoms with van der Waals surface area (Å²) in [7, 11) is 1.66. The van der Waals surface area contributed by atoms with Crippen molar-refractivity contribution in [1.82, 2.24) is 14.9 Å². The second-order valence-corrected chi connectivity index (χ2v) is 9.91. The van der Waals surface area contributed by atoms with Gasteiger partial charge in [-0.15, -0.1) is 0 Å². The summed E-state index contributed by atoms with van der Waals surface area (Å²) in [5.74, 6) is -1.85. The monoisotopic (exact) mass is 551 g/mol. The van der Waals surface area contributed by atoms with E-state index in [1.807, 2.05) is 18.2 Å². The lowest BCUT2D eigenvalue weighted by Crippen LogP contribution is -2.26. The molecule has 0 bridgehead atoms. The number of halogens is 2. The van der Waals surface area contributed by atoms with Crippen LogP contribution in [0.3, 0.4) is 0 Å². The molecule has 0 radical (unpaired) electrons. The standard InChI is InChI=1S/C33H27F2N3O3/c1-38(20-23-6-3-7-27(35)17-23)33(41)25-11-15-28-30(19-25)36-29(32(37-28)24-9-12-26(34)13-10-24)14-8-21-4-2-5-22(16-21)18-31(39)40/h2-7,9-13,15-17,19H,8,14,18,20H2,1H3,(H,39,40). The highest BCUT2D eigenvalue weighted by Gasteiger charge is 2.17. The van der Waals surface area contributed by atoms with Gasteiger partial charge >= 0.3 is 5.97 Å². The molecule has 0 saturated heterocycles. The third kappa shape index (κ3) is 6.78. The highest BCUT2D eigenvalue weighted by atomic mass is 19.1. The lowest BCUT2D eigenvalue weighted by Gasteiger charge is -2.18. The van der Waals surface area contributed by atoms with Crippen LogP contribution in [-0.2, 0) is 30.6 Å². The molecule has 0 aliphatic heterocycles. The molecule has 5 rings (SSSR count). The summed E-state index contributed by atoms with van der Waals surface area (Å²) in [6.07, 6.45) is 1.01. The van der Waals surface area contributed by atoms with Gasteiger partial charge in [-0.3, -0.25) is 9.59 Å². The Morgan fingerprint density at radius 2 is 1.49 bits per heavy atom. The fraction of sp³-hybridized carbons (Fsp3) is 0.152. The molecule has 1 N–H and O–H groups in total. The summed E-state index contributed by atoms with van der Waals surface area (Å²) in [6, 6.07) is 24.7. The third-order valence-corrected chi connectivity index (χ3v) is 6.75. The van der Waals surface area contributed by atoms with Crippen molar-refractivity contribution in [2.45, 2.75) is 25.8 Å². The lowest BCUT2D eigenvalue weighted by molar-refractivity contribution is -0.136. The van der Waals surface area contributed by atoms with Gasteiger partial charge in [-0.2, -0.15) is 0 Å². The molecular formula is C33H27F2N3O3. The SMILES string of the molecule is CN(Cc1cccc(F)c1)C(=O)c1ccc2nc(-c3ccc(F)cc3)c(CCc3cccc(CC(=O)O)c3)nc2c1. The highest BCUT2D eigenvalue weighted by molar-refractivity contribution is 5.97. The molecule has 41 heavy (non-hydrogen) atoms. The predicted octanol–water partition coefficient (Wildman–Crippen LogP) is 6.26. The van der Waals surface area contributed by atoms with Crippen LogP contribution in [0.25, 0.3) is 22.3 Å². The average molecular weight is 552 g/mol. The maximum atomic E-state index is 13.7. The minimum absolute atomic E-state index is 0.0606. The van der Waals surface area contributed by atoms with Gasteiger partial charge in [0.25, 0.3) is 5.91 Å². The topological polar surface area (TPSA) is 83.4 Å². The largest absolute Gasteiger partial charge is 0.481 e. The van der Waals surface area contributed by atoms with E-state index in [-0.39, 0.29) is 30.5 Å². The van der Waals surface area contributed by atoms with Crippen LogP contribution in [0.1, 0.15) is 32.7 Å². The Hall–Kier alpha value is -4.98. The van der Waals surface area contributed by atoms with E-state index in [1.54, 1.807) is 55.6 Å². The van der Waals surface area contributed by atoms with Gasteiger partial charge in [0.2, 0.25) is 0 Å².